The van der Waals surface area contributed by atoms with E-state index in [0.29, 0.717) is 10.7 Å². The van der Waals surface area contributed by atoms with Gasteiger partial charge in [0, 0.05) is 15.6 Å². The van der Waals surface area contributed by atoms with Crippen molar-refractivity contribution in [3.8, 4) is 21.8 Å². The van der Waals surface area contributed by atoms with Gasteiger partial charge >= 0.3 is 5.56 Å². The summed E-state index contributed by atoms with van der Waals surface area (Å²) in [5, 5.41) is 13.4. The average molecular weight is 385 g/mol. The second-order valence-corrected chi connectivity index (χ2v) is 6.70. The summed E-state index contributed by atoms with van der Waals surface area (Å²) < 4.78 is 2.27. The van der Waals surface area contributed by atoms with Gasteiger partial charge in [-0.25, -0.2) is 0 Å². The fourth-order valence-electron chi connectivity index (χ4n) is 2.23. The maximum atomic E-state index is 12.6. The predicted octanol–water partition coefficient (Wildman–Crippen LogP) is 3.64. The second-order valence-electron chi connectivity index (χ2n) is 4.83. The minimum atomic E-state index is -0.265. The normalized spacial score (nSPS) is 11.0. The molecule has 4 rings (SSSR count). The Kier molecular flexibility index (Phi) is 3.51. The summed E-state index contributed by atoms with van der Waals surface area (Å²) in [6, 6.07) is 17.0. The van der Waals surface area contributed by atoms with Crippen LogP contribution in [0.5, 0.6) is 0 Å². The van der Waals surface area contributed by atoms with Crippen molar-refractivity contribution in [1.82, 2.24) is 19.8 Å². The molecule has 0 aliphatic heterocycles. The third-order valence-corrected chi connectivity index (χ3v) is 4.75. The van der Waals surface area contributed by atoms with Crippen molar-refractivity contribution in [1.29, 1.82) is 0 Å². The van der Waals surface area contributed by atoms with Gasteiger partial charge in [-0.3, -0.25) is 4.79 Å². The summed E-state index contributed by atoms with van der Waals surface area (Å²) >= 11 is 4.77. The van der Waals surface area contributed by atoms with Crippen molar-refractivity contribution in [3.05, 3.63) is 69.4 Å². The Balaban J connectivity index is 1.90. The lowest BCUT2D eigenvalue weighted by Crippen LogP contribution is -2.19. The zero-order valence-electron chi connectivity index (χ0n) is 11.7. The van der Waals surface area contributed by atoms with Crippen molar-refractivity contribution < 1.29 is 0 Å². The van der Waals surface area contributed by atoms with Crippen LogP contribution in [-0.4, -0.2) is 19.8 Å². The number of hydrogen-bond donors (Lipinski definition) is 0. The van der Waals surface area contributed by atoms with E-state index in [1.54, 1.807) is 0 Å². The molecule has 2 aromatic heterocycles. The number of nitrogens with zero attached hydrogens (tertiary/aromatic N) is 4. The summed E-state index contributed by atoms with van der Waals surface area (Å²) in [5.41, 5.74) is 1.69. The SMILES string of the molecule is O=c1c(-c2ccccc2)nnc2sc(-c3cccc(Br)c3)nn12. The van der Waals surface area contributed by atoms with Gasteiger partial charge in [-0.15, -0.1) is 10.2 Å². The number of rotatable bonds is 2. The molecule has 0 aliphatic carbocycles. The molecule has 0 saturated heterocycles. The monoisotopic (exact) mass is 384 g/mol. The minimum Gasteiger partial charge on any atom is -0.265 e. The maximum absolute atomic E-state index is 12.6. The van der Waals surface area contributed by atoms with Crippen molar-refractivity contribution in [3.63, 3.8) is 0 Å². The Morgan fingerprint density at radius 2 is 1.74 bits per heavy atom. The molecule has 0 N–H and O–H groups in total. The summed E-state index contributed by atoms with van der Waals surface area (Å²) in [4.78, 5) is 13.1. The largest absolute Gasteiger partial charge is 0.302 e. The van der Waals surface area contributed by atoms with Gasteiger partial charge in [0.05, 0.1) is 0 Å². The molecule has 0 atom stereocenters. The first-order valence-corrected chi connectivity index (χ1v) is 8.41. The Labute approximate surface area is 143 Å². The molecule has 0 aliphatic rings. The van der Waals surface area contributed by atoms with Crippen LogP contribution >= 0.6 is 27.3 Å². The molecule has 2 aromatic carbocycles. The number of benzene rings is 2. The van der Waals surface area contributed by atoms with Gasteiger partial charge in [0.15, 0.2) is 5.69 Å². The molecule has 0 spiro atoms. The number of halogens is 1. The number of aromatic nitrogens is 4. The van der Waals surface area contributed by atoms with Crippen LogP contribution in [0, 0.1) is 0 Å². The maximum Gasteiger partial charge on any atom is 0.302 e. The van der Waals surface area contributed by atoms with Crippen molar-refractivity contribution >= 4 is 32.2 Å². The Morgan fingerprint density at radius 1 is 0.957 bits per heavy atom. The smallest absolute Gasteiger partial charge is 0.265 e. The van der Waals surface area contributed by atoms with Crippen LogP contribution in [0.15, 0.2) is 63.9 Å². The lowest BCUT2D eigenvalue weighted by molar-refractivity contribution is 0.862. The molecule has 0 fully saturated rings. The van der Waals surface area contributed by atoms with E-state index >= 15 is 0 Å². The molecule has 0 saturated carbocycles. The molecule has 23 heavy (non-hydrogen) atoms. The molecule has 112 valence electrons. The third kappa shape index (κ3) is 2.58. The van der Waals surface area contributed by atoms with Gasteiger partial charge in [0.2, 0.25) is 4.96 Å². The molecular formula is C16H9BrN4OS. The van der Waals surface area contributed by atoms with Crippen molar-refractivity contribution in [2.45, 2.75) is 0 Å². The van der Waals surface area contributed by atoms with Gasteiger partial charge in [-0.1, -0.05) is 69.7 Å². The van der Waals surface area contributed by atoms with E-state index in [1.165, 1.54) is 15.9 Å². The first-order chi connectivity index (χ1) is 11.2. The van der Waals surface area contributed by atoms with Crippen molar-refractivity contribution in [2.75, 3.05) is 0 Å². The molecule has 4 aromatic rings. The zero-order valence-corrected chi connectivity index (χ0v) is 14.1. The van der Waals surface area contributed by atoms with Crippen LogP contribution in [0.2, 0.25) is 0 Å². The highest BCUT2D eigenvalue weighted by atomic mass is 79.9. The average Bonchev–Trinajstić information content (AvgIpc) is 3.01. The lowest BCUT2D eigenvalue weighted by atomic mass is 10.2. The summed E-state index contributed by atoms with van der Waals surface area (Å²) in [6.45, 7) is 0. The standard InChI is InChI=1S/C16H9BrN4OS/c17-12-8-4-7-11(9-12)14-20-21-15(22)13(18-19-16(21)23-14)10-5-2-1-3-6-10/h1-9H. The van der Waals surface area contributed by atoms with Gasteiger partial charge in [0.1, 0.15) is 5.01 Å². The van der Waals surface area contributed by atoms with Crippen LogP contribution in [-0.2, 0) is 0 Å². The van der Waals surface area contributed by atoms with Gasteiger partial charge < -0.3 is 0 Å². The van der Waals surface area contributed by atoms with E-state index in [4.69, 9.17) is 0 Å². The Morgan fingerprint density at radius 3 is 2.52 bits per heavy atom. The first-order valence-electron chi connectivity index (χ1n) is 6.80. The molecule has 7 heteroatoms. The van der Waals surface area contributed by atoms with Crippen LogP contribution in [0.1, 0.15) is 0 Å². The van der Waals surface area contributed by atoms with E-state index in [9.17, 15) is 4.79 Å². The summed E-state index contributed by atoms with van der Waals surface area (Å²) in [5.74, 6) is 0. The van der Waals surface area contributed by atoms with Crippen LogP contribution < -0.4 is 5.56 Å². The Hall–Kier alpha value is -2.38. The van der Waals surface area contributed by atoms with Crippen LogP contribution in [0.4, 0.5) is 0 Å². The van der Waals surface area contributed by atoms with Gasteiger partial charge in [0.25, 0.3) is 0 Å². The summed E-state index contributed by atoms with van der Waals surface area (Å²) in [7, 11) is 0. The summed E-state index contributed by atoms with van der Waals surface area (Å²) in [6.07, 6.45) is 0. The van der Waals surface area contributed by atoms with Gasteiger partial charge in [-0.2, -0.15) is 9.61 Å². The van der Waals surface area contributed by atoms with Gasteiger partial charge in [-0.05, 0) is 12.1 Å². The zero-order chi connectivity index (χ0) is 15.8. The van der Waals surface area contributed by atoms with E-state index in [1.807, 2.05) is 54.6 Å². The first kappa shape index (κ1) is 14.2. The third-order valence-electron chi connectivity index (χ3n) is 3.31. The topological polar surface area (TPSA) is 60.2 Å². The van der Waals surface area contributed by atoms with Crippen LogP contribution in [0.25, 0.3) is 26.8 Å². The molecule has 5 nitrogen and oxygen atoms in total. The fourth-order valence-corrected chi connectivity index (χ4v) is 3.46. The second kappa shape index (κ2) is 5.68. The molecule has 0 unspecified atom stereocenters. The molecule has 2 heterocycles. The Bertz CT molecular complexity index is 1060. The molecule has 0 amide bonds. The minimum absolute atomic E-state index is 0.265. The quantitative estimate of drug-likeness (QED) is 0.529. The number of fused-ring (bicyclic) bond motifs is 1. The molecular weight excluding hydrogens is 376 g/mol. The van der Waals surface area contributed by atoms with E-state index in [-0.39, 0.29) is 5.56 Å². The van der Waals surface area contributed by atoms with Crippen molar-refractivity contribution in [2.24, 2.45) is 0 Å². The highest BCUT2D eigenvalue weighted by Crippen LogP contribution is 2.26. The van der Waals surface area contributed by atoms with E-state index in [0.717, 1.165) is 20.6 Å². The highest BCUT2D eigenvalue weighted by molar-refractivity contribution is 9.10. The van der Waals surface area contributed by atoms with E-state index < -0.39 is 0 Å². The van der Waals surface area contributed by atoms with E-state index in [2.05, 4.69) is 31.2 Å². The molecule has 0 bridgehead atoms. The predicted molar refractivity (Wildman–Crippen MR) is 93.5 cm³/mol. The van der Waals surface area contributed by atoms with Crippen LogP contribution in [0.3, 0.4) is 0 Å². The molecule has 0 radical (unpaired) electrons. The number of hydrogen-bond acceptors (Lipinski definition) is 5. The fraction of sp³-hybridized carbons (Fsp3) is 0. The lowest BCUT2D eigenvalue weighted by Gasteiger charge is -1.98. The highest BCUT2D eigenvalue weighted by Gasteiger charge is 2.14.